The average molecular weight is 343 g/mol. The first-order valence-corrected chi connectivity index (χ1v) is 8.67. The van der Waals surface area contributed by atoms with Crippen LogP contribution in [0.25, 0.3) is 0 Å². The highest BCUT2D eigenvalue weighted by Gasteiger charge is 2.29. The van der Waals surface area contributed by atoms with Gasteiger partial charge in [-0.25, -0.2) is 4.39 Å². The largest absolute Gasteiger partial charge is 0.396 e. The van der Waals surface area contributed by atoms with Crippen LogP contribution in [0.5, 0.6) is 0 Å². The maximum absolute atomic E-state index is 13.2. The summed E-state index contributed by atoms with van der Waals surface area (Å²) in [6, 6.07) is 4.95. The lowest BCUT2D eigenvalue weighted by Crippen LogP contribution is -2.54. The topological polar surface area (TPSA) is 26.7 Å². The number of aliphatic hydroxyl groups excluding tert-OH is 1. The van der Waals surface area contributed by atoms with Gasteiger partial charge in [0.1, 0.15) is 5.82 Å². The number of halogens is 2. The molecule has 0 bridgehead atoms. The zero-order valence-corrected chi connectivity index (χ0v) is 15.1. The summed E-state index contributed by atoms with van der Waals surface area (Å²) in [4.78, 5) is 4.83. The van der Waals surface area contributed by atoms with E-state index < -0.39 is 0 Å². The Kier molecular flexibility index (Phi) is 6.43. The zero-order valence-electron chi connectivity index (χ0n) is 14.4. The van der Waals surface area contributed by atoms with Crippen LogP contribution in [0.15, 0.2) is 18.2 Å². The number of hydrogen-bond donors (Lipinski definition) is 1. The van der Waals surface area contributed by atoms with Crippen molar-refractivity contribution in [3.05, 3.63) is 34.6 Å². The van der Waals surface area contributed by atoms with E-state index in [1.54, 1.807) is 6.07 Å². The van der Waals surface area contributed by atoms with Gasteiger partial charge in [-0.15, -0.1) is 0 Å². The Balaban J connectivity index is 2.00. The molecular weight excluding hydrogens is 315 g/mol. The Hall–Kier alpha value is -0.680. The maximum atomic E-state index is 13.2. The summed E-state index contributed by atoms with van der Waals surface area (Å²) in [5.74, 6) is -0.299. The molecule has 2 rings (SSSR count). The normalized spacial score (nSPS) is 20.9. The lowest BCUT2D eigenvalue weighted by Gasteiger charge is -2.44. The van der Waals surface area contributed by atoms with Gasteiger partial charge in [0.15, 0.2) is 0 Å². The van der Waals surface area contributed by atoms with Gasteiger partial charge in [0.25, 0.3) is 0 Å². The highest BCUT2D eigenvalue weighted by Crippen LogP contribution is 2.24. The van der Waals surface area contributed by atoms with Gasteiger partial charge in [0.2, 0.25) is 0 Å². The highest BCUT2D eigenvalue weighted by molar-refractivity contribution is 6.31. The minimum atomic E-state index is -0.299. The molecule has 0 radical (unpaired) electrons. The predicted octanol–water partition coefficient (Wildman–Crippen LogP) is 3.39. The van der Waals surface area contributed by atoms with E-state index in [0.29, 0.717) is 11.1 Å². The van der Waals surface area contributed by atoms with Crippen LogP contribution >= 0.6 is 11.6 Å². The third-order valence-electron chi connectivity index (χ3n) is 4.24. The van der Waals surface area contributed by atoms with Gasteiger partial charge in [-0.1, -0.05) is 38.4 Å². The van der Waals surface area contributed by atoms with Crippen molar-refractivity contribution in [2.24, 2.45) is 5.41 Å². The first-order valence-electron chi connectivity index (χ1n) is 8.30. The van der Waals surface area contributed by atoms with E-state index in [1.807, 2.05) is 0 Å². The SMILES string of the molecule is CC(C)(C)CN1CCN(Cc2ccc(F)cc2Cl)C[C@@H]1CCO. The van der Waals surface area contributed by atoms with Crippen LogP contribution in [0.4, 0.5) is 4.39 Å². The molecule has 0 unspecified atom stereocenters. The van der Waals surface area contributed by atoms with Gasteiger partial charge in [0.05, 0.1) is 0 Å². The second-order valence-corrected chi connectivity index (χ2v) is 8.08. The van der Waals surface area contributed by atoms with E-state index in [-0.39, 0.29) is 17.8 Å². The molecule has 1 N–H and O–H groups in total. The Morgan fingerprint density at radius 1 is 1.30 bits per heavy atom. The number of piperazine rings is 1. The molecule has 1 aromatic carbocycles. The molecule has 23 heavy (non-hydrogen) atoms. The molecule has 5 heteroatoms. The summed E-state index contributed by atoms with van der Waals surface area (Å²) in [7, 11) is 0. The first kappa shape index (κ1) is 18.7. The maximum Gasteiger partial charge on any atom is 0.124 e. The molecule has 1 aliphatic rings. The van der Waals surface area contributed by atoms with Crippen molar-refractivity contribution in [2.45, 2.75) is 39.8 Å². The van der Waals surface area contributed by atoms with Crippen molar-refractivity contribution in [1.29, 1.82) is 0 Å². The summed E-state index contributed by atoms with van der Waals surface area (Å²) in [6.07, 6.45) is 0.781. The minimum Gasteiger partial charge on any atom is -0.396 e. The van der Waals surface area contributed by atoms with Gasteiger partial charge < -0.3 is 5.11 Å². The van der Waals surface area contributed by atoms with Gasteiger partial charge in [-0.2, -0.15) is 0 Å². The lowest BCUT2D eigenvalue weighted by atomic mass is 9.94. The van der Waals surface area contributed by atoms with E-state index in [2.05, 4.69) is 30.6 Å². The number of aliphatic hydroxyl groups is 1. The Morgan fingerprint density at radius 3 is 2.65 bits per heavy atom. The Morgan fingerprint density at radius 2 is 2.04 bits per heavy atom. The molecule has 0 spiro atoms. The molecule has 1 fully saturated rings. The Labute approximate surface area is 144 Å². The van der Waals surface area contributed by atoms with E-state index in [1.165, 1.54) is 12.1 Å². The minimum absolute atomic E-state index is 0.205. The van der Waals surface area contributed by atoms with Crippen LogP contribution in [-0.4, -0.2) is 53.7 Å². The second kappa shape index (κ2) is 7.93. The standard InChI is InChI=1S/C18H28ClFN2O/c1-18(2,3)13-22-8-7-21(12-16(22)6-9-23)11-14-4-5-15(20)10-17(14)19/h4-5,10,16,23H,6-9,11-13H2,1-3H3/t16-/m0/s1. The summed E-state index contributed by atoms with van der Waals surface area (Å²) in [6.45, 7) is 11.6. The molecule has 1 atom stereocenters. The third kappa shape index (κ3) is 5.71. The fourth-order valence-corrected chi connectivity index (χ4v) is 3.46. The molecule has 1 aliphatic heterocycles. The predicted molar refractivity (Wildman–Crippen MR) is 93.2 cm³/mol. The molecule has 1 heterocycles. The molecule has 0 aromatic heterocycles. The van der Waals surface area contributed by atoms with Crippen LogP contribution in [-0.2, 0) is 6.54 Å². The second-order valence-electron chi connectivity index (χ2n) is 7.67. The van der Waals surface area contributed by atoms with Crippen LogP contribution in [0.2, 0.25) is 5.02 Å². The summed E-state index contributed by atoms with van der Waals surface area (Å²) in [5.41, 5.74) is 1.20. The van der Waals surface area contributed by atoms with Crippen LogP contribution < -0.4 is 0 Å². The van der Waals surface area contributed by atoms with Gasteiger partial charge in [0, 0.05) is 50.4 Å². The molecule has 0 aliphatic carbocycles. The van der Waals surface area contributed by atoms with Crippen molar-refractivity contribution in [3.63, 3.8) is 0 Å². The third-order valence-corrected chi connectivity index (χ3v) is 4.59. The molecule has 0 saturated carbocycles. The van der Waals surface area contributed by atoms with Crippen molar-refractivity contribution in [3.8, 4) is 0 Å². The summed E-state index contributed by atoms with van der Waals surface area (Å²) >= 11 is 6.15. The quantitative estimate of drug-likeness (QED) is 0.888. The monoisotopic (exact) mass is 342 g/mol. The van der Waals surface area contributed by atoms with E-state index in [0.717, 1.165) is 44.7 Å². The molecule has 0 amide bonds. The molecule has 1 aromatic rings. The van der Waals surface area contributed by atoms with Gasteiger partial charge in [-0.3, -0.25) is 9.80 Å². The van der Waals surface area contributed by atoms with Crippen molar-refractivity contribution in [1.82, 2.24) is 9.80 Å². The molecule has 1 saturated heterocycles. The number of nitrogens with zero attached hydrogens (tertiary/aromatic N) is 2. The zero-order chi connectivity index (χ0) is 17.0. The number of hydrogen-bond acceptors (Lipinski definition) is 3. The number of benzene rings is 1. The van der Waals surface area contributed by atoms with Gasteiger partial charge >= 0.3 is 0 Å². The Bertz CT molecular complexity index is 518. The fraction of sp³-hybridized carbons (Fsp3) is 0.667. The smallest absolute Gasteiger partial charge is 0.124 e. The van der Waals surface area contributed by atoms with Crippen molar-refractivity contribution >= 4 is 11.6 Å². The van der Waals surface area contributed by atoms with Crippen LogP contribution in [0, 0.1) is 11.2 Å². The fourth-order valence-electron chi connectivity index (χ4n) is 3.23. The first-order chi connectivity index (χ1) is 10.8. The summed E-state index contributed by atoms with van der Waals surface area (Å²) < 4.78 is 13.2. The molecule has 130 valence electrons. The van der Waals surface area contributed by atoms with E-state index >= 15 is 0 Å². The lowest BCUT2D eigenvalue weighted by molar-refractivity contribution is 0.0340. The van der Waals surface area contributed by atoms with Gasteiger partial charge in [-0.05, 0) is 29.5 Å². The highest BCUT2D eigenvalue weighted by atomic mass is 35.5. The van der Waals surface area contributed by atoms with E-state index in [9.17, 15) is 9.50 Å². The molecular formula is C18H28ClFN2O. The molecule has 3 nitrogen and oxygen atoms in total. The number of rotatable bonds is 5. The average Bonchev–Trinajstić information content (AvgIpc) is 2.43. The van der Waals surface area contributed by atoms with E-state index in [4.69, 9.17) is 11.6 Å². The van der Waals surface area contributed by atoms with Crippen molar-refractivity contribution < 1.29 is 9.50 Å². The van der Waals surface area contributed by atoms with Crippen molar-refractivity contribution in [2.75, 3.05) is 32.8 Å². The van der Waals surface area contributed by atoms with Crippen LogP contribution in [0.3, 0.4) is 0 Å². The van der Waals surface area contributed by atoms with Crippen LogP contribution in [0.1, 0.15) is 32.8 Å². The summed E-state index contributed by atoms with van der Waals surface area (Å²) in [5, 5.41) is 9.86.